The monoisotopic (exact) mass is 524 g/mol. The Balaban J connectivity index is 2.33. The van der Waals surface area contributed by atoms with Crippen LogP contribution in [0.5, 0.6) is 0 Å². The summed E-state index contributed by atoms with van der Waals surface area (Å²) in [5, 5.41) is 13.5. The lowest BCUT2D eigenvalue weighted by atomic mass is 10.2. The number of benzene rings is 2. The summed E-state index contributed by atoms with van der Waals surface area (Å²) in [6, 6.07) is 9.54. The molecule has 0 heterocycles. The van der Waals surface area contributed by atoms with Gasteiger partial charge in [-0.2, -0.15) is 0 Å². The van der Waals surface area contributed by atoms with Gasteiger partial charge in [0.25, 0.3) is 11.6 Å². The lowest BCUT2D eigenvalue weighted by molar-refractivity contribution is -0.384. The third-order valence-corrected chi connectivity index (χ3v) is 4.71. The third kappa shape index (κ3) is 4.01. The van der Waals surface area contributed by atoms with Crippen molar-refractivity contribution >= 4 is 71.7 Å². The number of nitrogens with zero attached hydrogens (tertiary/aromatic N) is 1. The van der Waals surface area contributed by atoms with Gasteiger partial charge >= 0.3 is 0 Å². The predicted octanol–water partition coefficient (Wildman–Crippen LogP) is 4.98. The highest BCUT2D eigenvalue weighted by Crippen LogP contribution is 2.28. The molecule has 1 N–H and O–H groups in total. The van der Waals surface area contributed by atoms with Crippen LogP contribution in [0.25, 0.3) is 0 Å². The Labute approximate surface area is 150 Å². The van der Waals surface area contributed by atoms with Crippen LogP contribution in [0.4, 0.5) is 11.4 Å². The Bertz CT molecular complexity index is 737. The Morgan fingerprint density at radius 3 is 2.57 bits per heavy atom. The molecule has 1 amide bonds. The summed E-state index contributed by atoms with van der Waals surface area (Å²) in [4.78, 5) is 22.6. The summed E-state index contributed by atoms with van der Waals surface area (Å²) in [7, 11) is 0. The fraction of sp³-hybridized carbons (Fsp3) is 0. The highest BCUT2D eigenvalue weighted by Gasteiger charge is 2.15. The van der Waals surface area contributed by atoms with Crippen molar-refractivity contribution in [3.63, 3.8) is 0 Å². The molecule has 0 bridgehead atoms. The average Bonchev–Trinajstić information content (AvgIpc) is 2.43. The molecule has 0 aromatic heterocycles. The molecule has 21 heavy (non-hydrogen) atoms. The molecule has 108 valence electrons. The molecule has 0 radical (unpaired) electrons. The minimum absolute atomic E-state index is 0.0857. The number of hydrogen-bond acceptors (Lipinski definition) is 3. The summed E-state index contributed by atoms with van der Waals surface area (Å²) in [5.74, 6) is -0.332. The van der Waals surface area contributed by atoms with Crippen molar-refractivity contribution in [1.82, 2.24) is 0 Å². The zero-order chi connectivity index (χ0) is 15.6. The largest absolute Gasteiger partial charge is 0.321 e. The van der Waals surface area contributed by atoms with E-state index in [0.717, 1.165) is 8.04 Å². The zero-order valence-electron chi connectivity index (χ0n) is 10.3. The fourth-order valence-corrected chi connectivity index (χ4v) is 2.87. The van der Waals surface area contributed by atoms with Crippen molar-refractivity contribution in [2.45, 2.75) is 0 Å². The molecule has 0 saturated heterocycles. The van der Waals surface area contributed by atoms with Crippen molar-refractivity contribution in [3.8, 4) is 0 Å². The highest BCUT2D eigenvalue weighted by atomic mass is 127. The van der Waals surface area contributed by atoms with Crippen molar-refractivity contribution in [1.29, 1.82) is 0 Å². The minimum Gasteiger partial charge on any atom is -0.321 e. The van der Waals surface area contributed by atoms with Gasteiger partial charge in [0, 0.05) is 24.6 Å². The summed E-state index contributed by atoms with van der Waals surface area (Å²) in [5.41, 5.74) is 0.755. The van der Waals surface area contributed by atoms with Crippen LogP contribution in [0.3, 0.4) is 0 Å². The van der Waals surface area contributed by atoms with E-state index in [0.29, 0.717) is 15.7 Å². The number of anilines is 1. The smallest absolute Gasteiger partial charge is 0.271 e. The second-order valence-electron chi connectivity index (χ2n) is 4.00. The number of carbonyl (C=O) groups is 1. The first-order valence-electron chi connectivity index (χ1n) is 5.59. The molecule has 0 aliphatic heterocycles. The van der Waals surface area contributed by atoms with Gasteiger partial charge in [-0.15, -0.1) is 0 Å². The van der Waals surface area contributed by atoms with Gasteiger partial charge in [0.05, 0.1) is 16.2 Å². The summed E-state index contributed by atoms with van der Waals surface area (Å²) in [6.07, 6.45) is 0. The highest BCUT2D eigenvalue weighted by molar-refractivity contribution is 14.1. The van der Waals surface area contributed by atoms with Crippen LogP contribution in [0.1, 0.15) is 10.4 Å². The number of nitro benzene ring substituents is 1. The van der Waals surface area contributed by atoms with E-state index in [2.05, 4.69) is 59.8 Å². The van der Waals surface area contributed by atoms with E-state index < -0.39 is 4.92 Å². The maximum Gasteiger partial charge on any atom is 0.271 e. The molecule has 0 aliphatic rings. The number of hydrogen-bond donors (Lipinski definition) is 1. The van der Waals surface area contributed by atoms with Gasteiger partial charge in [0.2, 0.25) is 0 Å². The van der Waals surface area contributed by atoms with Crippen LogP contribution < -0.4 is 5.32 Å². The summed E-state index contributed by atoms with van der Waals surface area (Å²) >= 11 is 8.64. The number of amides is 1. The molecule has 0 unspecified atom stereocenters. The molecule has 2 aromatic rings. The van der Waals surface area contributed by atoms with E-state index in [9.17, 15) is 14.9 Å². The number of nitro groups is 1. The van der Waals surface area contributed by atoms with Crippen LogP contribution >= 0.6 is 54.5 Å². The number of non-ortho nitro benzene ring substituents is 1. The first kappa shape index (κ1) is 16.4. The molecule has 8 heteroatoms. The lowest BCUT2D eigenvalue weighted by Gasteiger charge is -2.09. The Kier molecular flexibility index (Phi) is 5.33. The lowest BCUT2D eigenvalue weighted by Crippen LogP contribution is -2.14. The summed E-state index contributed by atoms with van der Waals surface area (Å²) < 4.78 is 2.15. The van der Waals surface area contributed by atoms with E-state index in [-0.39, 0.29) is 11.6 Å². The number of carbonyl (C=O) groups excluding carboxylic acids is 1. The van der Waals surface area contributed by atoms with E-state index >= 15 is 0 Å². The summed E-state index contributed by atoms with van der Waals surface area (Å²) in [6.45, 7) is 0. The van der Waals surface area contributed by atoms with Crippen LogP contribution in [0.2, 0.25) is 0 Å². The predicted molar refractivity (Wildman–Crippen MR) is 95.6 cm³/mol. The van der Waals surface area contributed by atoms with Crippen molar-refractivity contribution in [3.05, 3.63) is 64.6 Å². The first-order chi connectivity index (χ1) is 9.88. The molecule has 0 spiro atoms. The molecule has 0 saturated carbocycles. The van der Waals surface area contributed by atoms with Crippen molar-refractivity contribution in [2.24, 2.45) is 0 Å². The van der Waals surface area contributed by atoms with Gasteiger partial charge in [-0.1, -0.05) is 15.9 Å². The van der Waals surface area contributed by atoms with Gasteiger partial charge in [-0.25, -0.2) is 0 Å². The number of nitrogens with one attached hydrogen (secondary N) is 1. The number of rotatable bonds is 3. The van der Waals surface area contributed by atoms with E-state index in [1.807, 2.05) is 12.1 Å². The van der Waals surface area contributed by atoms with Crippen LogP contribution in [-0.2, 0) is 0 Å². The maximum atomic E-state index is 12.3. The van der Waals surface area contributed by atoms with E-state index in [1.54, 1.807) is 6.07 Å². The van der Waals surface area contributed by atoms with Gasteiger partial charge in [0.1, 0.15) is 0 Å². The van der Waals surface area contributed by atoms with Crippen LogP contribution in [0.15, 0.2) is 45.3 Å². The molecule has 0 atom stereocenters. The van der Waals surface area contributed by atoms with E-state index in [1.165, 1.54) is 18.2 Å². The Morgan fingerprint density at radius 2 is 1.90 bits per heavy atom. The number of halogens is 3. The van der Waals surface area contributed by atoms with Gasteiger partial charge in [-0.3, -0.25) is 14.9 Å². The first-order valence-corrected chi connectivity index (χ1v) is 8.25. The van der Waals surface area contributed by atoms with Crippen LogP contribution in [0, 0.1) is 13.7 Å². The average molecular weight is 526 g/mol. The van der Waals surface area contributed by atoms with Crippen LogP contribution in [-0.4, -0.2) is 10.8 Å². The van der Waals surface area contributed by atoms with Gasteiger partial charge < -0.3 is 5.32 Å². The second kappa shape index (κ2) is 6.84. The Hall–Kier alpha value is -1.000. The zero-order valence-corrected chi connectivity index (χ0v) is 15.6. The van der Waals surface area contributed by atoms with Gasteiger partial charge in [0.15, 0.2) is 0 Å². The fourth-order valence-electron chi connectivity index (χ4n) is 1.58. The second-order valence-corrected chi connectivity index (χ2v) is 6.93. The quantitative estimate of drug-likeness (QED) is 0.349. The molecule has 2 aromatic carbocycles. The van der Waals surface area contributed by atoms with Gasteiger partial charge in [-0.05, 0) is 62.8 Å². The standard InChI is InChI=1S/C13H7Br2IN2O3/c14-7-1-4-11(16)9(5-7)13(19)17-12-6-8(18(20)21)2-3-10(12)15/h1-6H,(H,17,19). The third-order valence-electron chi connectivity index (χ3n) is 2.58. The minimum atomic E-state index is -0.509. The molecular formula is C13H7Br2IN2O3. The molecule has 0 aliphatic carbocycles. The topological polar surface area (TPSA) is 72.2 Å². The molecule has 0 fully saturated rings. The molecule has 5 nitrogen and oxygen atoms in total. The maximum absolute atomic E-state index is 12.3. The normalized spacial score (nSPS) is 10.2. The Morgan fingerprint density at radius 1 is 1.19 bits per heavy atom. The SMILES string of the molecule is O=C(Nc1cc([N+](=O)[O-])ccc1Br)c1cc(Br)ccc1I. The van der Waals surface area contributed by atoms with Crippen molar-refractivity contribution in [2.75, 3.05) is 5.32 Å². The van der Waals surface area contributed by atoms with Crippen molar-refractivity contribution < 1.29 is 9.72 Å². The molecule has 2 rings (SSSR count). The van der Waals surface area contributed by atoms with E-state index in [4.69, 9.17) is 0 Å². The molecular weight excluding hydrogens is 519 g/mol.